The number of ketones is 1. The highest BCUT2D eigenvalue weighted by Crippen LogP contribution is 2.67. The van der Waals surface area contributed by atoms with Crippen LogP contribution in [0.1, 0.15) is 105 Å². The van der Waals surface area contributed by atoms with Crippen LogP contribution in [0, 0.1) is 46.3 Å². The molecule has 0 aromatic carbocycles. The number of hydrogen-bond acceptors (Lipinski definition) is 1. The van der Waals surface area contributed by atoms with Gasteiger partial charge in [-0.2, -0.15) is 0 Å². The quantitative estimate of drug-likeness (QED) is 0.404. The number of rotatable bonds is 6. The third kappa shape index (κ3) is 3.57. The average molecular weight is 411 g/mol. The summed E-state index contributed by atoms with van der Waals surface area (Å²) < 4.78 is 0. The van der Waals surface area contributed by atoms with Gasteiger partial charge in [0.15, 0.2) is 5.78 Å². The highest BCUT2D eigenvalue weighted by molar-refractivity contribution is 5.91. The van der Waals surface area contributed by atoms with Gasteiger partial charge in [0.2, 0.25) is 0 Å². The molecule has 3 fully saturated rings. The van der Waals surface area contributed by atoms with E-state index in [9.17, 15) is 4.79 Å². The molecule has 3 saturated carbocycles. The Balaban J connectivity index is 1.47. The summed E-state index contributed by atoms with van der Waals surface area (Å²) in [6.45, 7) is 16.8. The first kappa shape index (κ1) is 22.3. The summed E-state index contributed by atoms with van der Waals surface area (Å²) in [5, 5.41) is 0. The van der Waals surface area contributed by atoms with Crippen molar-refractivity contribution in [1.82, 2.24) is 0 Å². The molecule has 0 spiro atoms. The topological polar surface area (TPSA) is 17.1 Å². The van der Waals surface area contributed by atoms with E-state index < -0.39 is 0 Å². The maximum Gasteiger partial charge on any atom is 0.155 e. The minimum Gasteiger partial charge on any atom is -0.295 e. The fourth-order valence-corrected chi connectivity index (χ4v) is 8.68. The van der Waals surface area contributed by atoms with E-state index in [0.29, 0.717) is 22.5 Å². The Morgan fingerprint density at radius 2 is 1.87 bits per heavy atom. The van der Waals surface area contributed by atoms with Gasteiger partial charge in [0, 0.05) is 6.42 Å². The molecule has 1 unspecified atom stereocenters. The summed E-state index contributed by atoms with van der Waals surface area (Å²) in [5.74, 6) is 5.40. The summed E-state index contributed by atoms with van der Waals surface area (Å²) in [6.07, 6.45) is 15.9. The van der Waals surface area contributed by atoms with E-state index >= 15 is 0 Å². The van der Waals surface area contributed by atoms with Crippen molar-refractivity contribution in [2.45, 2.75) is 105 Å². The molecule has 1 nitrogen and oxygen atoms in total. The van der Waals surface area contributed by atoms with Crippen molar-refractivity contribution >= 4 is 5.78 Å². The predicted octanol–water partition coefficient (Wildman–Crippen LogP) is 8.15. The van der Waals surface area contributed by atoms with Gasteiger partial charge in [0.1, 0.15) is 0 Å². The summed E-state index contributed by atoms with van der Waals surface area (Å²) in [6, 6.07) is 0. The van der Waals surface area contributed by atoms with Gasteiger partial charge in [-0.15, -0.1) is 0 Å². The van der Waals surface area contributed by atoms with Crippen molar-refractivity contribution in [3.63, 3.8) is 0 Å². The van der Waals surface area contributed by atoms with E-state index in [1.54, 1.807) is 0 Å². The van der Waals surface area contributed by atoms with Crippen molar-refractivity contribution in [1.29, 1.82) is 0 Å². The molecule has 0 saturated heterocycles. The maximum atomic E-state index is 12.1. The maximum absolute atomic E-state index is 12.1. The van der Waals surface area contributed by atoms with Gasteiger partial charge >= 0.3 is 0 Å². The Labute approximate surface area is 186 Å². The second-order valence-electron chi connectivity index (χ2n) is 12.2. The van der Waals surface area contributed by atoms with Crippen LogP contribution >= 0.6 is 0 Å². The normalized spacial score (nSPS) is 42.6. The van der Waals surface area contributed by atoms with E-state index in [1.807, 2.05) is 0 Å². The van der Waals surface area contributed by atoms with Crippen LogP contribution in [-0.2, 0) is 4.79 Å². The number of fused-ring (bicyclic) bond motifs is 5. The lowest BCUT2D eigenvalue weighted by atomic mass is 9.46. The zero-order valence-corrected chi connectivity index (χ0v) is 20.4. The third-order valence-electron chi connectivity index (χ3n) is 11.0. The van der Waals surface area contributed by atoms with Gasteiger partial charge in [0.25, 0.3) is 0 Å². The zero-order chi connectivity index (χ0) is 21.7. The summed E-state index contributed by atoms with van der Waals surface area (Å²) >= 11 is 0. The van der Waals surface area contributed by atoms with Gasteiger partial charge < -0.3 is 0 Å². The van der Waals surface area contributed by atoms with E-state index in [-0.39, 0.29) is 0 Å². The Bertz CT molecular complexity index is 716. The molecule has 0 aromatic rings. The molecule has 0 bridgehead atoms. The highest BCUT2D eigenvalue weighted by atomic mass is 16.1. The first-order chi connectivity index (χ1) is 14.2. The van der Waals surface area contributed by atoms with Gasteiger partial charge in [-0.1, -0.05) is 52.3 Å². The molecular weight excluding hydrogens is 364 g/mol. The van der Waals surface area contributed by atoms with Gasteiger partial charge in [-0.3, -0.25) is 4.79 Å². The first-order valence-corrected chi connectivity index (χ1v) is 13.1. The standard InChI is InChI=1S/C29H46O/c1-7-19(2)20(3)8-9-21(4)25-12-13-26-24-11-10-22-18-23(30)14-16-28(22,5)27(24)15-17-29(25,26)6/h18-19,21,24-27H,3,7-17H2,1-2,4-6H3/t19?,21-,24+,25-,26+,27+,28+,29-/m1/s1. The highest BCUT2D eigenvalue weighted by Gasteiger charge is 2.59. The second-order valence-corrected chi connectivity index (χ2v) is 12.2. The van der Waals surface area contributed by atoms with Crippen LogP contribution in [-0.4, -0.2) is 5.78 Å². The van der Waals surface area contributed by atoms with E-state index in [0.717, 1.165) is 42.4 Å². The summed E-state index contributed by atoms with van der Waals surface area (Å²) in [5.41, 5.74) is 3.84. The van der Waals surface area contributed by atoms with Crippen molar-refractivity contribution in [2.75, 3.05) is 0 Å². The Morgan fingerprint density at radius 1 is 1.10 bits per heavy atom. The van der Waals surface area contributed by atoms with E-state index in [4.69, 9.17) is 0 Å². The smallest absolute Gasteiger partial charge is 0.155 e. The molecule has 4 aliphatic rings. The van der Waals surface area contributed by atoms with Crippen LogP contribution < -0.4 is 0 Å². The zero-order valence-electron chi connectivity index (χ0n) is 20.4. The third-order valence-corrected chi connectivity index (χ3v) is 11.0. The molecule has 4 aliphatic carbocycles. The second kappa shape index (κ2) is 8.25. The van der Waals surface area contributed by atoms with Crippen LogP contribution in [0.15, 0.2) is 23.8 Å². The molecular formula is C29H46O. The first-order valence-electron chi connectivity index (χ1n) is 13.1. The predicted molar refractivity (Wildman–Crippen MR) is 127 cm³/mol. The Hall–Kier alpha value is -0.850. The average Bonchev–Trinajstić information content (AvgIpc) is 3.09. The van der Waals surface area contributed by atoms with E-state index in [1.165, 1.54) is 68.9 Å². The van der Waals surface area contributed by atoms with Crippen LogP contribution in [0.25, 0.3) is 0 Å². The van der Waals surface area contributed by atoms with Gasteiger partial charge in [0.05, 0.1) is 0 Å². The molecule has 30 heavy (non-hydrogen) atoms. The Kier molecular flexibility index (Phi) is 6.15. The van der Waals surface area contributed by atoms with Crippen LogP contribution in [0.5, 0.6) is 0 Å². The van der Waals surface area contributed by atoms with Crippen molar-refractivity contribution in [3.8, 4) is 0 Å². The van der Waals surface area contributed by atoms with Crippen LogP contribution in [0.2, 0.25) is 0 Å². The molecule has 0 radical (unpaired) electrons. The number of carbonyl (C=O) groups excluding carboxylic acids is 1. The molecule has 168 valence electrons. The lowest BCUT2D eigenvalue weighted by Crippen LogP contribution is -2.50. The van der Waals surface area contributed by atoms with Gasteiger partial charge in [-0.25, -0.2) is 0 Å². The van der Waals surface area contributed by atoms with Crippen LogP contribution in [0.3, 0.4) is 0 Å². The summed E-state index contributed by atoms with van der Waals surface area (Å²) in [7, 11) is 0. The van der Waals surface area contributed by atoms with Crippen LogP contribution in [0.4, 0.5) is 0 Å². The van der Waals surface area contributed by atoms with Crippen molar-refractivity contribution in [3.05, 3.63) is 23.8 Å². The van der Waals surface area contributed by atoms with Crippen molar-refractivity contribution in [2.24, 2.45) is 46.3 Å². The SMILES string of the molecule is C=C(CC[C@@H](C)[C@H]1CC[C@H]2[C@@H]3CCC4=CC(=O)CC[C@]4(C)[C@H]3CC[C@]12C)C(C)CC. The molecule has 8 atom stereocenters. The minimum atomic E-state index is 0.315. The summed E-state index contributed by atoms with van der Waals surface area (Å²) in [4.78, 5) is 12.1. The molecule has 4 rings (SSSR count). The molecule has 0 amide bonds. The Morgan fingerprint density at radius 3 is 2.60 bits per heavy atom. The molecule has 0 heterocycles. The molecule has 0 aromatic heterocycles. The van der Waals surface area contributed by atoms with Crippen molar-refractivity contribution < 1.29 is 4.79 Å². The molecule has 0 N–H and O–H groups in total. The fourth-order valence-electron chi connectivity index (χ4n) is 8.68. The largest absolute Gasteiger partial charge is 0.295 e. The lowest BCUT2D eigenvalue weighted by Gasteiger charge is -2.58. The monoisotopic (exact) mass is 410 g/mol. The minimum absolute atomic E-state index is 0.315. The number of hydrogen-bond donors (Lipinski definition) is 0. The van der Waals surface area contributed by atoms with Gasteiger partial charge in [-0.05, 0) is 117 Å². The molecule has 0 aliphatic heterocycles. The number of carbonyl (C=O) groups is 1. The number of allylic oxidation sites excluding steroid dienone is 2. The fraction of sp³-hybridized carbons (Fsp3) is 0.828. The lowest BCUT2D eigenvalue weighted by molar-refractivity contribution is -0.117. The molecule has 1 heteroatoms. The van der Waals surface area contributed by atoms with E-state index in [2.05, 4.69) is 47.3 Å².